The Morgan fingerprint density at radius 1 is 2.00 bits per heavy atom. The quantitative estimate of drug-likeness (QED) is 0.195. The predicted molar refractivity (Wildman–Crippen MR) is 13.5 cm³/mol. The molecule has 0 aromatic rings. The van der Waals surface area contributed by atoms with Crippen LogP contribution in [0.3, 0.4) is 0 Å². The highest BCUT2D eigenvalue weighted by atomic mass is 16.6. The summed E-state index contributed by atoms with van der Waals surface area (Å²) in [7, 11) is 0. The van der Waals surface area contributed by atoms with Crippen LogP contribution in [0.15, 0.2) is 5.16 Å². The lowest BCUT2D eigenvalue weighted by molar-refractivity contribution is 0.262. The number of rotatable bonds is 1. The fourth-order valence-electron chi connectivity index (χ4n) is 0.0211. The van der Waals surface area contributed by atoms with Crippen molar-refractivity contribution >= 4 is 6.40 Å². The lowest BCUT2D eigenvalue weighted by Gasteiger charge is -1.67. The molecular weight excluding hydrogens is 72.0 g/mol. The number of hydrogen-bond donors (Lipinski definition) is 1. The number of oxime groups is 1. The van der Waals surface area contributed by atoms with E-state index in [0.717, 1.165) is 0 Å². The molecule has 2 radical (unpaired) electrons. The van der Waals surface area contributed by atoms with Gasteiger partial charge in [0.25, 0.3) is 0 Å². The zero-order valence-electron chi connectivity index (χ0n) is 2.33. The largest absolute Gasteiger partial charge is 0.408 e. The third-order valence-corrected chi connectivity index (χ3v) is 0.0943. The lowest BCUT2D eigenvalue weighted by atomic mass is 11.5. The van der Waals surface area contributed by atoms with Crippen molar-refractivity contribution < 1.29 is 10.0 Å². The van der Waals surface area contributed by atoms with Gasteiger partial charge < -0.3 is 10.0 Å². The van der Waals surface area contributed by atoms with Gasteiger partial charge in [-0.25, -0.2) is 0 Å². The normalized spacial score (nSPS) is 9.00. The van der Waals surface area contributed by atoms with E-state index in [1.807, 2.05) is 0 Å². The zero-order valence-corrected chi connectivity index (χ0v) is 2.33. The molecule has 0 fully saturated rings. The summed E-state index contributed by atoms with van der Waals surface area (Å²) in [6, 6.07) is 0. The zero-order chi connectivity index (χ0) is 4.12. The molecule has 0 heterocycles. The Hall–Kier alpha value is -0.770. The van der Waals surface area contributed by atoms with Crippen LogP contribution >= 0.6 is 0 Å². The van der Waals surface area contributed by atoms with Crippen molar-refractivity contribution in [2.45, 2.75) is 0 Å². The lowest BCUT2D eigenvalue weighted by Crippen LogP contribution is -1.76. The molecule has 0 bridgehead atoms. The van der Waals surface area contributed by atoms with Gasteiger partial charge in [-0.05, 0) is 0 Å². The maximum Gasteiger partial charge on any atom is 0.242 e. The smallest absolute Gasteiger partial charge is 0.242 e. The maximum absolute atomic E-state index is 7.35. The van der Waals surface area contributed by atoms with Crippen LogP contribution < -0.4 is 5.90 Å². The highest BCUT2D eigenvalue weighted by Crippen LogP contribution is 1.45. The monoisotopic (exact) mass is 74.0 g/mol. The van der Waals surface area contributed by atoms with Crippen molar-refractivity contribution in [2.75, 3.05) is 0 Å². The minimum Gasteiger partial charge on any atom is -0.408 e. The fourth-order valence-corrected chi connectivity index (χ4v) is 0.0211. The summed E-state index contributed by atoms with van der Waals surface area (Å²) in [4.78, 5) is 3.15. The molecular formula is CH2N2O2. The minimum atomic E-state index is 0.486. The highest BCUT2D eigenvalue weighted by Gasteiger charge is 1.54. The molecule has 0 saturated heterocycles. The van der Waals surface area contributed by atoms with Crippen LogP contribution in [0.2, 0.25) is 0 Å². The Kier molecular flexibility index (Phi) is 2.73. The standard InChI is InChI=1S/CH2N2O2/c2-5-1-3-4/h1,4H. The van der Waals surface area contributed by atoms with Gasteiger partial charge in [-0.2, -0.15) is 0 Å². The fraction of sp³-hybridized carbons (Fsp3) is 0. The van der Waals surface area contributed by atoms with Gasteiger partial charge in [0.15, 0.2) is 0 Å². The first-order valence-corrected chi connectivity index (χ1v) is 0.876. The SMILES string of the molecule is [N]OC=NO. The Labute approximate surface area is 28.8 Å². The van der Waals surface area contributed by atoms with E-state index in [1.165, 1.54) is 0 Å². The number of hydrogen-bond acceptors (Lipinski definition) is 3. The van der Waals surface area contributed by atoms with E-state index in [4.69, 9.17) is 11.1 Å². The second-order valence-electron chi connectivity index (χ2n) is 0.326. The van der Waals surface area contributed by atoms with E-state index in [9.17, 15) is 0 Å². The van der Waals surface area contributed by atoms with E-state index in [-0.39, 0.29) is 0 Å². The Morgan fingerprint density at radius 2 is 2.60 bits per heavy atom. The van der Waals surface area contributed by atoms with Crippen molar-refractivity contribution in [3.8, 4) is 0 Å². The molecule has 0 aliphatic carbocycles. The van der Waals surface area contributed by atoms with Crippen LogP contribution in [0.25, 0.3) is 0 Å². The summed E-state index contributed by atoms with van der Waals surface area (Å²) < 4.78 is 0. The summed E-state index contributed by atoms with van der Waals surface area (Å²) in [6.07, 6.45) is 0.486. The van der Waals surface area contributed by atoms with Gasteiger partial charge in [-0.3, -0.25) is 0 Å². The molecule has 0 atom stereocenters. The average Bonchev–Trinajstić information content (AvgIpc) is 1.41. The van der Waals surface area contributed by atoms with Crippen LogP contribution in [-0.2, 0) is 4.84 Å². The molecule has 1 N–H and O–H groups in total. The molecule has 5 heavy (non-hydrogen) atoms. The topological polar surface area (TPSA) is 64.1 Å². The van der Waals surface area contributed by atoms with E-state index < -0.39 is 0 Å². The summed E-state index contributed by atoms with van der Waals surface area (Å²) in [5.41, 5.74) is 0. The van der Waals surface area contributed by atoms with Gasteiger partial charge in [0, 0.05) is 0 Å². The molecule has 28 valence electrons. The van der Waals surface area contributed by atoms with Crippen LogP contribution in [0.5, 0.6) is 0 Å². The van der Waals surface area contributed by atoms with Crippen LogP contribution in [0, 0.1) is 0 Å². The van der Waals surface area contributed by atoms with Crippen molar-refractivity contribution in [1.29, 1.82) is 0 Å². The summed E-state index contributed by atoms with van der Waals surface area (Å²) in [5, 5.41) is 9.61. The molecule has 0 amide bonds. The average molecular weight is 74.0 g/mol. The van der Waals surface area contributed by atoms with Gasteiger partial charge in [0.05, 0.1) is 0 Å². The second-order valence-corrected chi connectivity index (χ2v) is 0.326. The van der Waals surface area contributed by atoms with E-state index in [1.54, 1.807) is 0 Å². The molecule has 0 spiro atoms. The minimum absolute atomic E-state index is 0.486. The molecule has 4 nitrogen and oxygen atoms in total. The first-order valence-electron chi connectivity index (χ1n) is 0.876. The van der Waals surface area contributed by atoms with Crippen molar-refractivity contribution in [3.05, 3.63) is 0 Å². The van der Waals surface area contributed by atoms with Crippen LogP contribution in [-0.4, -0.2) is 11.6 Å². The predicted octanol–water partition coefficient (Wildman–Crippen LogP) is -0.596. The first-order chi connectivity index (χ1) is 2.41. The van der Waals surface area contributed by atoms with Gasteiger partial charge in [0.1, 0.15) is 5.90 Å². The van der Waals surface area contributed by atoms with Crippen molar-refractivity contribution in [3.63, 3.8) is 0 Å². The first kappa shape index (κ1) is 4.23. The van der Waals surface area contributed by atoms with Gasteiger partial charge in [-0.1, -0.05) is 5.16 Å². The van der Waals surface area contributed by atoms with Gasteiger partial charge >= 0.3 is 0 Å². The molecule has 0 aliphatic rings. The Morgan fingerprint density at radius 3 is 2.60 bits per heavy atom. The summed E-state index contributed by atoms with van der Waals surface area (Å²) in [6.45, 7) is 0. The van der Waals surface area contributed by atoms with E-state index in [0.29, 0.717) is 6.40 Å². The van der Waals surface area contributed by atoms with Crippen LogP contribution in [0.1, 0.15) is 0 Å². The molecule has 0 aliphatic heterocycles. The summed E-state index contributed by atoms with van der Waals surface area (Å²) >= 11 is 0. The second kappa shape index (κ2) is 3.23. The maximum atomic E-state index is 7.35. The molecule has 0 aromatic carbocycles. The highest BCUT2D eigenvalue weighted by molar-refractivity contribution is 5.43. The Balaban J connectivity index is 2.62. The van der Waals surface area contributed by atoms with Gasteiger partial charge in [-0.15, -0.1) is 0 Å². The third kappa shape index (κ3) is 3.23. The number of nitrogens with zero attached hydrogens (tertiary/aromatic N) is 2. The molecule has 0 rings (SSSR count). The molecule has 0 saturated carbocycles. The molecule has 0 unspecified atom stereocenters. The van der Waals surface area contributed by atoms with E-state index >= 15 is 0 Å². The van der Waals surface area contributed by atoms with Crippen LogP contribution in [0.4, 0.5) is 0 Å². The molecule has 0 aromatic heterocycles. The van der Waals surface area contributed by atoms with E-state index in [2.05, 4.69) is 9.99 Å². The summed E-state index contributed by atoms with van der Waals surface area (Å²) in [5.74, 6) is 7.26. The van der Waals surface area contributed by atoms with Gasteiger partial charge in [0.2, 0.25) is 6.40 Å². The Bertz CT molecular complexity index is 34.6. The van der Waals surface area contributed by atoms with Crippen molar-refractivity contribution in [2.24, 2.45) is 5.16 Å². The third-order valence-electron chi connectivity index (χ3n) is 0.0943. The van der Waals surface area contributed by atoms with Crippen molar-refractivity contribution in [1.82, 2.24) is 5.90 Å². The molecule has 4 heteroatoms.